The lowest BCUT2D eigenvalue weighted by Crippen LogP contribution is -2.51. The van der Waals surface area contributed by atoms with Gasteiger partial charge in [0.05, 0.1) is 17.2 Å². The van der Waals surface area contributed by atoms with Gasteiger partial charge in [0.15, 0.2) is 0 Å². The molecule has 2 saturated heterocycles. The number of hydrogen-bond donors (Lipinski definition) is 1. The Morgan fingerprint density at radius 2 is 2.00 bits per heavy atom. The van der Waals surface area contributed by atoms with Crippen LogP contribution in [0.1, 0.15) is 30.4 Å². The van der Waals surface area contributed by atoms with Crippen LogP contribution in [0.4, 0.5) is 0 Å². The summed E-state index contributed by atoms with van der Waals surface area (Å²) in [5.74, 6) is 2.53. The van der Waals surface area contributed by atoms with Gasteiger partial charge in [-0.25, -0.2) is 0 Å². The van der Waals surface area contributed by atoms with E-state index in [1.54, 1.807) is 16.7 Å². The first kappa shape index (κ1) is 19.8. The molecule has 1 aromatic rings. The van der Waals surface area contributed by atoms with Crippen LogP contribution in [0.25, 0.3) is 0 Å². The van der Waals surface area contributed by atoms with E-state index < -0.39 is 6.04 Å². The Hall–Kier alpha value is -1.49. The fourth-order valence-electron chi connectivity index (χ4n) is 4.43. The molecule has 5 nitrogen and oxygen atoms in total. The zero-order chi connectivity index (χ0) is 19.5. The molecular formula is C21H25N3O2S2. The zero-order valence-electron chi connectivity index (χ0n) is 15.8. The van der Waals surface area contributed by atoms with E-state index >= 15 is 0 Å². The molecule has 0 aromatic heterocycles. The molecule has 1 unspecified atom stereocenters. The van der Waals surface area contributed by atoms with Gasteiger partial charge in [0.25, 0.3) is 0 Å². The average molecular weight is 416 g/mol. The zero-order valence-corrected chi connectivity index (χ0v) is 17.4. The number of thioether (sulfide) groups is 2. The number of nitrogens with zero attached hydrogens (tertiary/aromatic N) is 2. The maximum atomic E-state index is 12.9. The number of Topliss-reactive ketones (excluding diaryl/α,β-unsaturated/α-hetero) is 1. The fraction of sp³-hybridized carbons (Fsp3) is 0.571. The molecule has 3 atom stereocenters. The summed E-state index contributed by atoms with van der Waals surface area (Å²) in [6.07, 6.45) is 4.71. The van der Waals surface area contributed by atoms with E-state index in [1.165, 1.54) is 22.9 Å². The highest BCUT2D eigenvalue weighted by Gasteiger charge is 2.42. The first-order chi connectivity index (χ1) is 13.7. The highest BCUT2D eigenvalue weighted by atomic mass is 32.2. The van der Waals surface area contributed by atoms with Crippen molar-refractivity contribution in [3.05, 3.63) is 35.4 Å². The number of nitrogens with one attached hydrogen (secondary N) is 1. The van der Waals surface area contributed by atoms with E-state index in [-0.39, 0.29) is 23.0 Å². The lowest BCUT2D eigenvalue weighted by molar-refractivity contribution is -0.134. The van der Waals surface area contributed by atoms with Crippen molar-refractivity contribution in [2.75, 3.05) is 17.5 Å². The van der Waals surface area contributed by atoms with Crippen LogP contribution in [0, 0.1) is 17.2 Å². The Morgan fingerprint density at radius 3 is 2.71 bits per heavy atom. The van der Waals surface area contributed by atoms with E-state index in [0.717, 1.165) is 25.7 Å². The van der Waals surface area contributed by atoms with Gasteiger partial charge in [-0.3, -0.25) is 14.9 Å². The fourth-order valence-corrected chi connectivity index (χ4v) is 6.68. The molecule has 2 aliphatic heterocycles. The number of fused-ring (bicyclic) bond motifs is 1. The molecule has 0 bridgehead atoms. The number of rotatable bonds is 6. The standard InChI is InChI=1S/C21H25N3O2S2/c22-10-17-11-27-13-24(17)21(26)19-20(28-12-23-19)18(25)7-3-4-14-8-15-5-1-2-6-16(15)9-14/h1-2,5-6,14,17,19-20,23H,3-4,7-9,11-13H2/t17-,19+,20?/m1/s1. The predicted octanol–water partition coefficient (Wildman–Crippen LogP) is 2.60. The third-order valence-electron chi connectivity index (χ3n) is 5.94. The molecule has 4 rings (SSSR count). The lowest BCUT2D eigenvalue weighted by Gasteiger charge is -2.25. The third kappa shape index (κ3) is 4.10. The quantitative estimate of drug-likeness (QED) is 0.770. The minimum Gasteiger partial charge on any atom is -0.315 e. The molecule has 1 amide bonds. The van der Waals surface area contributed by atoms with Crippen molar-refractivity contribution in [1.29, 1.82) is 5.26 Å². The van der Waals surface area contributed by atoms with Crippen molar-refractivity contribution < 1.29 is 9.59 Å². The molecule has 0 radical (unpaired) electrons. The van der Waals surface area contributed by atoms with Crippen LogP contribution < -0.4 is 5.32 Å². The maximum Gasteiger partial charge on any atom is 0.243 e. The Morgan fingerprint density at radius 1 is 1.25 bits per heavy atom. The number of hydrogen-bond acceptors (Lipinski definition) is 6. The van der Waals surface area contributed by atoms with E-state index in [4.69, 9.17) is 0 Å². The Balaban J connectivity index is 1.27. The second-order valence-electron chi connectivity index (χ2n) is 7.77. The second kappa shape index (κ2) is 8.89. The Bertz CT molecular complexity index is 769. The van der Waals surface area contributed by atoms with Crippen LogP contribution in [-0.4, -0.2) is 51.4 Å². The first-order valence-corrected chi connectivity index (χ1v) is 12.1. The minimum atomic E-state index is -0.484. The van der Waals surface area contributed by atoms with Gasteiger partial charge in [-0.15, -0.1) is 23.5 Å². The van der Waals surface area contributed by atoms with Crippen molar-refractivity contribution in [3.63, 3.8) is 0 Å². The highest BCUT2D eigenvalue weighted by molar-refractivity contribution is 8.01. The molecule has 3 aliphatic rings. The molecule has 1 aromatic carbocycles. The summed E-state index contributed by atoms with van der Waals surface area (Å²) in [4.78, 5) is 27.3. The average Bonchev–Trinajstić information content (AvgIpc) is 3.45. The van der Waals surface area contributed by atoms with Gasteiger partial charge in [-0.2, -0.15) is 5.26 Å². The summed E-state index contributed by atoms with van der Waals surface area (Å²) < 4.78 is 0. The summed E-state index contributed by atoms with van der Waals surface area (Å²) in [7, 11) is 0. The van der Waals surface area contributed by atoms with Gasteiger partial charge in [-0.05, 0) is 42.7 Å². The van der Waals surface area contributed by atoms with Crippen molar-refractivity contribution in [2.45, 2.75) is 49.4 Å². The monoisotopic (exact) mass is 415 g/mol. The molecule has 2 heterocycles. The molecule has 7 heteroatoms. The molecular weight excluding hydrogens is 390 g/mol. The van der Waals surface area contributed by atoms with E-state index in [1.807, 2.05) is 0 Å². The highest BCUT2D eigenvalue weighted by Crippen LogP contribution is 2.31. The van der Waals surface area contributed by atoms with Gasteiger partial charge in [-0.1, -0.05) is 24.3 Å². The molecule has 2 fully saturated rings. The van der Waals surface area contributed by atoms with Crippen LogP contribution in [0.15, 0.2) is 24.3 Å². The van der Waals surface area contributed by atoms with Gasteiger partial charge in [0.1, 0.15) is 17.9 Å². The molecule has 0 saturated carbocycles. The van der Waals surface area contributed by atoms with Crippen LogP contribution in [0.3, 0.4) is 0 Å². The summed E-state index contributed by atoms with van der Waals surface area (Å²) >= 11 is 3.13. The third-order valence-corrected chi connectivity index (χ3v) is 8.18. The Labute approximate surface area is 174 Å². The molecule has 1 aliphatic carbocycles. The number of carbonyl (C=O) groups excluding carboxylic acids is 2. The number of amides is 1. The molecule has 148 valence electrons. The van der Waals surface area contributed by atoms with Crippen molar-refractivity contribution in [2.24, 2.45) is 5.92 Å². The smallest absolute Gasteiger partial charge is 0.243 e. The maximum absolute atomic E-state index is 12.9. The summed E-state index contributed by atoms with van der Waals surface area (Å²) in [6.45, 7) is 0. The number of benzene rings is 1. The van der Waals surface area contributed by atoms with E-state index in [2.05, 4.69) is 35.7 Å². The first-order valence-electron chi connectivity index (χ1n) is 9.89. The van der Waals surface area contributed by atoms with Crippen LogP contribution in [-0.2, 0) is 22.4 Å². The number of carbonyl (C=O) groups is 2. The SMILES string of the molecule is N#C[C@@H]1CSCN1C(=O)[C@H]1NCSC1C(=O)CCCC1Cc2ccccc2C1. The normalized spacial score (nSPS) is 27.0. The van der Waals surface area contributed by atoms with Crippen LogP contribution >= 0.6 is 23.5 Å². The van der Waals surface area contributed by atoms with Crippen LogP contribution in [0.5, 0.6) is 0 Å². The molecule has 28 heavy (non-hydrogen) atoms. The predicted molar refractivity (Wildman–Crippen MR) is 113 cm³/mol. The van der Waals surface area contributed by atoms with Crippen molar-refractivity contribution in [1.82, 2.24) is 10.2 Å². The van der Waals surface area contributed by atoms with Gasteiger partial charge < -0.3 is 4.90 Å². The van der Waals surface area contributed by atoms with E-state index in [0.29, 0.717) is 29.8 Å². The Kier molecular flexibility index (Phi) is 6.29. The second-order valence-corrected chi connectivity index (χ2v) is 9.90. The van der Waals surface area contributed by atoms with Gasteiger partial charge in [0, 0.05) is 18.1 Å². The van der Waals surface area contributed by atoms with Crippen LogP contribution in [0.2, 0.25) is 0 Å². The number of ketones is 1. The summed E-state index contributed by atoms with van der Waals surface area (Å²) in [6, 6.07) is 9.97. The van der Waals surface area contributed by atoms with Crippen molar-refractivity contribution in [3.8, 4) is 6.07 Å². The largest absolute Gasteiger partial charge is 0.315 e. The van der Waals surface area contributed by atoms with Crippen molar-refractivity contribution >= 4 is 35.2 Å². The molecule has 1 N–H and O–H groups in total. The lowest BCUT2D eigenvalue weighted by atomic mass is 9.96. The van der Waals surface area contributed by atoms with Gasteiger partial charge >= 0.3 is 0 Å². The van der Waals surface area contributed by atoms with E-state index in [9.17, 15) is 14.9 Å². The molecule has 0 spiro atoms. The number of nitriles is 1. The van der Waals surface area contributed by atoms with Gasteiger partial charge in [0.2, 0.25) is 5.91 Å². The summed E-state index contributed by atoms with van der Waals surface area (Å²) in [5, 5.41) is 12.1. The summed E-state index contributed by atoms with van der Waals surface area (Å²) in [5.41, 5.74) is 2.91. The minimum absolute atomic E-state index is 0.0915. The topological polar surface area (TPSA) is 73.2 Å².